The smallest absolute Gasteiger partial charge is 0.149 e. The molecule has 0 amide bonds. The predicted molar refractivity (Wildman–Crippen MR) is 94.3 cm³/mol. The molecule has 0 bridgehead atoms. The maximum Gasteiger partial charge on any atom is 0.149 e. The second-order valence-corrected chi connectivity index (χ2v) is 5.20. The van der Waals surface area contributed by atoms with Crippen molar-refractivity contribution in [2.75, 3.05) is 6.61 Å². The summed E-state index contributed by atoms with van der Waals surface area (Å²) in [5.41, 5.74) is 1.90. The number of rotatable bonds is 4. The highest BCUT2D eigenvalue weighted by Crippen LogP contribution is 2.23. The second-order valence-electron chi connectivity index (χ2n) is 5.20. The minimum absolute atomic E-state index is 0.314. The molecule has 0 fully saturated rings. The Kier molecular flexibility index (Phi) is 5.11. The molecular formula is C21H17NO2. The van der Waals surface area contributed by atoms with Gasteiger partial charge in [-0.3, -0.25) is 0 Å². The van der Waals surface area contributed by atoms with Crippen LogP contribution in [0.3, 0.4) is 0 Å². The monoisotopic (exact) mass is 315 g/mol. The van der Waals surface area contributed by atoms with Gasteiger partial charge >= 0.3 is 0 Å². The highest BCUT2D eigenvalue weighted by molar-refractivity contribution is 5.36. The first-order valence-corrected chi connectivity index (χ1v) is 7.67. The van der Waals surface area contributed by atoms with Crippen molar-refractivity contribution in [2.24, 2.45) is 0 Å². The molecule has 0 spiro atoms. The van der Waals surface area contributed by atoms with Crippen LogP contribution in [0.2, 0.25) is 0 Å². The number of ether oxygens (including phenoxy) is 2. The average molecular weight is 315 g/mol. The molecule has 3 aromatic rings. The summed E-state index contributed by atoms with van der Waals surface area (Å²) in [6, 6.07) is 21.0. The molecule has 0 atom stereocenters. The molecule has 3 nitrogen and oxygen atoms in total. The summed E-state index contributed by atoms with van der Waals surface area (Å²) in [5, 5.41) is 0. The summed E-state index contributed by atoms with van der Waals surface area (Å²) in [5.74, 6) is 8.28. The molecule has 3 rings (SSSR count). The van der Waals surface area contributed by atoms with Crippen molar-refractivity contribution in [1.82, 2.24) is 4.98 Å². The maximum atomic E-state index is 5.74. The first-order chi connectivity index (χ1) is 11.8. The minimum Gasteiger partial charge on any atom is -0.481 e. The topological polar surface area (TPSA) is 31.4 Å². The van der Waals surface area contributed by atoms with E-state index in [-0.39, 0.29) is 0 Å². The van der Waals surface area contributed by atoms with E-state index in [0.29, 0.717) is 6.61 Å². The van der Waals surface area contributed by atoms with Crippen LogP contribution in [0.5, 0.6) is 17.2 Å². The number of pyridine rings is 1. The number of hydrogen-bond donors (Lipinski definition) is 0. The summed E-state index contributed by atoms with van der Waals surface area (Å²) in [6.45, 7) is 2.33. The molecule has 1 aromatic heterocycles. The number of aromatic nitrogens is 1. The summed E-state index contributed by atoms with van der Waals surface area (Å²) >= 11 is 0. The van der Waals surface area contributed by atoms with Crippen LogP contribution in [0.1, 0.15) is 11.3 Å². The minimum atomic E-state index is 0.314. The van der Waals surface area contributed by atoms with Gasteiger partial charge in [-0.25, -0.2) is 4.98 Å². The Balaban J connectivity index is 1.53. The van der Waals surface area contributed by atoms with Crippen molar-refractivity contribution in [3.63, 3.8) is 0 Å². The highest BCUT2D eigenvalue weighted by Gasteiger charge is 1.97. The zero-order valence-electron chi connectivity index (χ0n) is 13.4. The molecular weight excluding hydrogens is 298 g/mol. The van der Waals surface area contributed by atoms with Gasteiger partial charge in [0, 0.05) is 6.20 Å². The highest BCUT2D eigenvalue weighted by atomic mass is 16.5. The van der Waals surface area contributed by atoms with E-state index in [9.17, 15) is 0 Å². The van der Waals surface area contributed by atoms with Crippen molar-refractivity contribution in [2.45, 2.75) is 6.92 Å². The van der Waals surface area contributed by atoms with E-state index in [1.165, 1.54) is 0 Å². The van der Waals surface area contributed by atoms with Gasteiger partial charge in [-0.05, 0) is 66.9 Å². The van der Waals surface area contributed by atoms with Gasteiger partial charge in [0.25, 0.3) is 0 Å². The molecule has 0 saturated carbocycles. The number of para-hydroxylation sites is 1. The number of hydrogen-bond acceptors (Lipinski definition) is 3. The quantitative estimate of drug-likeness (QED) is 0.659. The third-order valence-electron chi connectivity index (χ3n) is 3.25. The van der Waals surface area contributed by atoms with Gasteiger partial charge in [0.1, 0.15) is 29.5 Å². The van der Waals surface area contributed by atoms with Crippen LogP contribution < -0.4 is 9.47 Å². The summed E-state index contributed by atoms with van der Waals surface area (Å²) in [4.78, 5) is 4.19. The van der Waals surface area contributed by atoms with Crippen molar-refractivity contribution < 1.29 is 9.47 Å². The van der Waals surface area contributed by atoms with Gasteiger partial charge in [-0.1, -0.05) is 24.1 Å². The van der Waals surface area contributed by atoms with Crippen LogP contribution in [-0.2, 0) is 0 Å². The lowest BCUT2D eigenvalue weighted by Crippen LogP contribution is -1.94. The maximum absolute atomic E-state index is 5.74. The van der Waals surface area contributed by atoms with Crippen LogP contribution >= 0.6 is 0 Å². The van der Waals surface area contributed by atoms with Gasteiger partial charge in [0.05, 0.1) is 0 Å². The average Bonchev–Trinajstić information content (AvgIpc) is 2.61. The van der Waals surface area contributed by atoms with Gasteiger partial charge in [0.2, 0.25) is 0 Å². The van der Waals surface area contributed by atoms with Crippen LogP contribution in [0.25, 0.3) is 0 Å². The van der Waals surface area contributed by atoms with Crippen LogP contribution in [0.15, 0.2) is 72.9 Å². The molecule has 0 N–H and O–H groups in total. The van der Waals surface area contributed by atoms with Crippen LogP contribution in [-0.4, -0.2) is 11.6 Å². The SMILES string of the molecule is Cc1ccnc(C#CCOc2ccc(Oc3ccccc3)cc2)c1. The Morgan fingerprint density at radius 3 is 2.33 bits per heavy atom. The number of benzene rings is 2. The molecule has 0 unspecified atom stereocenters. The van der Waals surface area contributed by atoms with Crippen molar-refractivity contribution in [3.05, 3.63) is 84.2 Å². The van der Waals surface area contributed by atoms with E-state index >= 15 is 0 Å². The Hall–Kier alpha value is -3.25. The van der Waals surface area contributed by atoms with Crippen LogP contribution in [0, 0.1) is 18.8 Å². The van der Waals surface area contributed by atoms with E-state index < -0.39 is 0 Å². The van der Waals surface area contributed by atoms with Crippen molar-refractivity contribution >= 4 is 0 Å². The van der Waals surface area contributed by atoms with E-state index in [0.717, 1.165) is 28.5 Å². The van der Waals surface area contributed by atoms with Gasteiger partial charge < -0.3 is 9.47 Å². The standard InChI is InChI=1S/C21H17NO2/c1-17-13-14-22-18(16-17)6-5-15-23-19-9-11-21(12-10-19)24-20-7-3-2-4-8-20/h2-4,7-14,16H,15H2,1H3. The van der Waals surface area contributed by atoms with E-state index in [1.54, 1.807) is 6.20 Å². The Morgan fingerprint density at radius 1 is 0.875 bits per heavy atom. The fourth-order valence-electron chi connectivity index (χ4n) is 2.08. The molecule has 1 heterocycles. The van der Waals surface area contributed by atoms with Gasteiger partial charge in [-0.15, -0.1) is 0 Å². The molecule has 2 aromatic carbocycles. The third-order valence-corrected chi connectivity index (χ3v) is 3.25. The molecule has 0 aliphatic rings. The molecule has 0 aliphatic heterocycles. The van der Waals surface area contributed by atoms with Gasteiger partial charge in [-0.2, -0.15) is 0 Å². The van der Waals surface area contributed by atoms with Crippen LogP contribution in [0.4, 0.5) is 0 Å². The largest absolute Gasteiger partial charge is 0.481 e. The Morgan fingerprint density at radius 2 is 1.58 bits per heavy atom. The molecule has 24 heavy (non-hydrogen) atoms. The molecule has 3 heteroatoms. The zero-order chi connectivity index (χ0) is 16.6. The first kappa shape index (κ1) is 15.6. The lowest BCUT2D eigenvalue weighted by molar-refractivity contribution is 0.369. The normalized spacial score (nSPS) is 9.71. The Bertz CT molecular complexity index is 846. The van der Waals surface area contributed by atoms with Gasteiger partial charge in [0.15, 0.2) is 0 Å². The number of nitrogens with zero attached hydrogens (tertiary/aromatic N) is 1. The second kappa shape index (κ2) is 7.85. The lowest BCUT2D eigenvalue weighted by Gasteiger charge is -2.06. The van der Waals surface area contributed by atoms with Crippen molar-refractivity contribution in [3.8, 4) is 29.1 Å². The fourth-order valence-corrected chi connectivity index (χ4v) is 2.08. The zero-order valence-corrected chi connectivity index (χ0v) is 13.4. The fraction of sp³-hybridized carbons (Fsp3) is 0.0952. The Labute approximate surface area is 141 Å². The van der Waals surface area contributed by atoms with E-state index in [2.05, 4.69) is 16.8 Å². The van der Waals surface area contributed by atoms with Crippen molar-refractivity contribution in [1.29, 1.82) is 0 Å². The number of aryl methyl sites for hydroxylation is 1. The molecule has 0 saturated heterocycles. The molecule has 0 aliphatic carbocycles. The van der Waals surface area contributed by atoms with E-state index in [4.69, 9.17) is 9.47 Å². The van der Waals surface area contributed by atoms with E-state index in [1.807, 2.05) is 73.7 Å². The first-order valence-electron chi connectivity index (χ1n) is 7.67. The lowest BCUT2D eigenvalue weighted by atomic mass is 10.2. The molecule has 0 radical (unpaired) electrons. The third kappa shape index (κ3) is 4.62. The summed E-state index contributed by atoms with van der Waals surface area (Å²) in [7, 11) is 0. The summed E-state index contributed by atoms with van der Waals surface area (Å²) in [6.07, 6.45) is 1.76. The predicted octanol–water partition coefficient (Wildman–Crippen LogP) is 4.61. The summed E-state index contributed by atoms with van der Waals surface area (Å²) < 4.78 is 11.3. The molecule has 118 valence electrons.